The van der Waals surface area contributed by atoms with Gasteiger partial charge in [-0.15, -0.1) is 0 Å². The van der Waals surface area contributed by atoms with Gasteiger partial charge in [0.2, 0.25) is 0 Å². The number of hydrogen-bond donors (Lipinski definition) is 0. The zero-order valence-electron chi connectivity index (χ0n) is 33.8. The van der Waals surface area contributed by atoms with Gasteiger partial charge in [-0.05, 0) is 92.3 Å². The molecule has 13 heteroatoms. The largest absolute Gasteiger partial charge is 0.459 e. The molecule has 1 aliphatic rings. The average Bonchev–Trinajstić information content (AvgIpc) is 4.00. The zero-order chi connectivity index (χ0) is 41.6. The summed E-state index contributed by atoms with van der Waals surface area (Å²) in [5, 5.41) is 0. The van der Waals surface area contributed by atoms with Crippen molar-refractivity contribution >= 4 is 40.1 Å². The summed E-state index contributed by atoms with van der Waals surface area (Å²) in [5.74, 6) is -1.44. The van der Waals surface area contributed by atoms with Crippen molar-refractivity contribution in [2.75, 3.05) is 6.61 Å². The van der Waals surface area contributed by atoms with Crippen LogP contribution in [0.5, 0.6) is 0 Å². The van der Waals surface area contributed by atoms with Crippen LogP contribution >= 0.6 is 0 Å². The number of carbonyl (C=O) groups is 3. The quantitative estimate of drug-likeness (QED) is 0.0727. The van der Waals surface area contributed by atoms with Gasteiger partial charge in [0.15, 0.2) is 35.4 Å². The van der Waals surface area contributed by atoms with E-state index in [9.17, 15) is 14.4 Å². The fraction of sp³-hybridized carbons (Fsp3) is 0.298. The summed E-state index contributed by atoms with van der Waals surface area (Å²) < 4.78 is 28.5. The molecule has 1 aliphatic heterocycles. The van der Waals surface area contributed by atoms with Crippen LogP contribution in [0.25, 0.3) is 28.0 Å². The smallest absolute Gasteiger partial charge is 0.338 e. The molecular weight excluding hydrogens is 761 g/mol. The summed E-state index contributed by atoms with van der Waals surface area (Å²) in [6.45, 7) is 5.85. The number of hydrogen-bond acceptors (Lipinski definition) is 11. The normalized spacial score (nSPS) is 17.5. The number of carbonyl (C=O) groups excluding carboxylic acids is 3. The van der Waals surface area contributed by atoms with Crippen molar-refractivity contribution in [1.82, 2.24) is 29.1 Å². The van der Waals surface area contributed by atoms with Crippen LogP contribution in [0.3, 0.4) is 0 Å². The summed E-state index contributed by atoms with van der Waals surface area (Å²) in [6, 6.07) is 29.1. The molecule has 4 heterocycles. The minimum absolute atomic E-state index is 0.288. The zero-order valence-corrected chi connectivity index (χ0v) is 33.8. The van der Waals surface area contributed by atoms with E-state index in [1.54, 1.807) is 59.4 Å². The van der Waals surface area contributed by atoms with E-state index in [0.29, 0.717) is 28.1 Å². The van der Waals surface area contributed by atoms with Crippen LogP contribution in [-0.2, 0) is 31.8 Å². The van der Waals surface area contributed by atoms with Gasteiger partial charge < -0.3 is 18.9 Å². The summed E-state index contributed by atoms with van der Waals surface area (Å²) in [7, 11) is 0. The number of aryl methyl sites for hydroxylation is 3. The standard InChI is InChI=1S/C47H46N6O7/c1-4-6-10-31-16-22-33(23-17-31)45(54)57-26-38-40(59-46(55)35-24-18-32(19-25-35)11-7-5-2)41(60-47(56)34-20-14-30(3)15-21-34)44(58-38)53-29-51-39-42(48-27-49-43(39)53)52-28-50-36-12-8-9-13-37(36)52/h8-9,12-25,27-29,38,40-41,44H,4-7,10-11,26H2,1-3H3/t38-,40?,41?,44-/m1/s1. The van der Waals surface area contributed by atoms with Crippen LogP contribution in [0.4, 0.5) is 0 Å². The Morgan fingerprint density at radius 1 is 0.667 bits per heavy atom. The topological polar surface area (TPSA) is 150 Å². The molecule has 0 N–H and O–H groups in total. The van der Waals surface area contributed by atoms with Gasteiger partial charge in [0.05, 0.1) is 34.1 Å². The summed E-state index contributed by atoms with van der Waals surface area (Å²) >= 11 is 0. The lowest BCUT2D eigenvalue weighted by Gasteiger charge is -2.25. The second-order valence-electron chi connectivity index (χ2n) is 15.0. The molecule has 8 rings (SSSR count). The SMILES string of the molecule is CCCCc1ccc(C(=O)OC[C@H]2O[C@@H](n3cnc4c(-n5cnc6ccccc65)ncnc43)C(OC(=O)c3ccc(C)cc3)C2OC(=O)c2ccc(CCCC)cc2)cc1. The van der Waals surface area contributed by atoms with Gasteiger partial charge in [0, 0.05) is 0 Å². The predicted molar refractivity (Wildman–Crippen MR) is 224 cm³/mol. The van der Waals surface area contributed by atoms with Crippen molar-refractivity contribution in [3.63, 3.8) is 0 Å². The number of unbranched alkanes of at least 4 members (excludes halogenated alkanes) is 2. The fourth-order valence-electron chi connectivity index (χ4n) is 7.35. The van der Waals surface area contributed by atoms with Crippen LogP contribution in [0.15, 0.2) is 116 Å². The Morgan fingerprint density at radius 3 is 1.92 bits per heavy atom. The van der Waals surface area contributed by atoms with E-state index in [1.807, 2.05) is 60.0 Å². The number of fused-ring (bicyclic) bond motifs is 2. The Kier molecular flexibility index (Phi) is 12.0. The van der Waals surface area contributed by atoms with Crippen molar-refractivity contribution in [3.05, 3.63) is 149 Å². The van der Waals surface area contributed by atoms with Gasteiger partial charge in [-0.25, -0.2) is 34.3 Å². The number of esters is 3. The highest BCUT2D eigenvalue weighted by Gasteiger charge is 2.52. The van der Waals surface area contributed by atoms with E-state index in [1.165, 1.54) is 12.7 Å². The molecule has 4 aromatic carbocycles. The van der Waals surface area contributed by atoms with Gasteiger partial charge >= 0.3 is 17.9 Å². The van der Waals surface area contributed by atoms with E-state index in [2.05, 4.69) is 28.8 Å². The van der Waals surface area contributed by atoms with Crippen molar-refractivity contribution in [1.29, 1.82) is 0 Å². The van der Waals surface area contributed by atoms with Crippen LogP contribution in [-0.4, -0.2) is 71.9 Å². The van der Waals surface area contributed by atoms with E-state index >= 15 is 0 Å². The van der Waals surface area contributed by atoms with Gasteiger partial charge in [-0.1, -0.05) is 80.8 Å². The number of benzene rings is 4. The second-order valence-corrected chi connectivity index (χ2v) is 15.0. The van der Waals surface area contributed by atoms with Crippen molar-refractivity contribution < 1.29 is 33.3 Å². The lowest BCUT2D eigenvalue weighted by atomic mass is 10.1. The third kappa shape index (κ3) is 8.53. The molecule has 2 unspecified atom stereocenters. The van der Waals surface area contributed by atoms with Crippen molar-refractivity contribution in [2.24, 2.45) is 0 Å². The molecule has 306 valence electrons. The molecule has 0 bridgehead atoms. The van der Waals surface area contributed by atoms with E-state index in [4.69, 9.17) is 23.9 Å². The Balaban J connectivity index is 1.16. The number of imidazole rings is 2. The molecule has 1 saturated heterocycles. The molecule has 4 atom stereocenters. The first kappa shape index (κ1) is 40.1. The van der Waals surface area contributed by atoms with E-state index in [-0.39, 0.29) is 12.2 Å². The van der Waals surface area contributed by atoms with Gasteiger partial charge in [-0.3, -0.25) is 9.13 Å². The van der Waals surface area contributed by atoms with Crippen LogP contribution in [0, 0.1) is 6.92 Å². The highest BCUT2D eigenvalue weighted by molar-refractivity contribution is 5.91. The Morgan fingerprint density at radius 2 is 1.27 bits per heavy atom. The predicted octanol–water partition coefficient (Wildman–Crippen LogP) is 8.36. The molecule has 0 radical (unpaired) electrons. The van der Waals surface area contributed by atoms with E-state index < -0.39 is 42.4 Å². The first-order chi connectivity index (χ1) is 29.3. The third-order valence-corrected chi connectivity index (χ3v) is 10.8. The van der Waals surface area contributed by atoms with Gasteiger partial charge in [0.1, 0.15) is 25.4 Å². The van der Waals surface area contributed by atoms with Crippen LogP contribution < -0.4 is 0 Å². The molecular formula is C47H46N6O7. The fourth-order valence-corrected chi connectivity index (χ4v) is 7.35. The molecule has 0 saturated carbocycles. The van der Waals surface area contributed by atoms with Crippen LogP contribution in [0.1, 0.15) is 93.5 Å². The minimum atomic E-state index is -1.25. The molecule has 0 spiro atoms. The van der Waals surface area contributed by atoms with Crippen molar-refractivity contribution in [3.8, 4) is 5.82 Å². The van der Waals surface area contributed by atoms with Gasteiger partial charge in [-0.2, -0.15) is 0 Å². The summed E-state index contributed by atoms with van der Waals surface area (Å²) in [6.07, 6.45) is 5.85. The summed E-state index contributed by atoms with van der Waals surface area (Å²) in [5.41, 5.74) is 6.51. The molecule has 0 aliphatic carbocycles. The maximum absolute atomic E-state index is 14.0. The highest BCUT2D eigenvalue weighted by atomic mass is 16.7. The molecule has 7 aromatic rings. The molecule has 0 amide bonds. The highest BCUT2D eigenvalue weighted by Crippen LogP contribution is 2.37. The summed E-state index contributed by atoms with van der Waals surface area (Å²) in [4.78, 5) is 59.8. The number of ether oxygens (including phenoxy) is 4. The minimum Gasteiger partial charge on any atom is -0.459 e. The first-order valence-electron chi connectivity index (χ1n) is 20.4. The first-order valence-corrected chi connectivity index (χ1v) is 20.4. The number of nitrogens with zero attached hydrogens (tertiary/aromatic N) is 6. The second kappa shape index (κ2) is 18.0. The van der Waals surface area contributed by atoms with Crippen molar-refractivity contribution in [2.45, 2.75) is 83.8 Å². The van der Waals surface area contributed by atoms with Gasteiger partial charge in [0.25, 0.3) is 0 Å². The third-order valence-electron chi connectivity index (χ3n) is 10.8. The maximum Gasteiger partial charge on any atom is 0.338 e. The monoisotopic (exact) mass is 806 g/mol. The van der Waals surface area contributed by atoms with E-state index in [0.717, 1.165) is 66.2 Å². The average molecular weight is 807 g/mol. The lowest BCUT2D eigenvalue weighted by Crippen LogP contribution is -2.41. The Hall–Kier alpha value is -6.73. The molecule has 3 aromatic heterocycles. The molecule has 13 nitrogen and oxygen atoms in total. The Labute approximate surface area is 347 Å². The molecule has 60 heavy (non-hydrogen) atoms. The van der Waals surface area contributed by atoms with Crippen LogP contribution in [0.2, 0.25) is 0 Å². The Bertz CT molecular complexity index is 2600. The number of para-hydroxylation sites is 2. The maximum atomic E-state index is 14.0. The lowest BCUT2D eigenvalue weighted by molar-refractivity contribution is -0.0606. The molecule has 1 fully saturated rings. The number of aromatic nitrogens is 6. The number of rotatable bonds is 15.